The molecule has 21 heavy (non-hydrogen) atoms. The number of nitrogen functional groups attached to an aromatic ring is 1. The Balaban J connectivity index is 2.33. The van der Waals surface area contributed by atoms with Crippen LogP contribution in [0.25, 0.3) is 0 Å². The molecule has 5 nitrogen and oxygen atoms in total. The van der Waals surface area contributed by atoms with Gasteiger partial charge in [-0.2, -0.15) is 0 Å². The minimum atomic E-state index is -0.449. The molecule has 0 aliphatic heterocycles. The van der Waals surface area contributed by atoms with Crippen molar-refractivity contribution in [1.29, 1.82) is 0 Å². The van der Waals surface area contributed by atoms with Crippen LogP contribution in [0.5, 0.6) is 11.5 Å². The number of hydrogen-bond acceptors (Lipinski definition) is 4. The molecule has 4 N–H and O–H groups in total. The van der Waals surface area contributed by atoms with Crippen molar-refractivity contribution in [3.05, 3.63) is 45.9 Å². The van der Waals surface area contributed by atoms with E-state index in [-0.39, 0.29) is 17.1 Å². The van der Waals surface area contributed by atoms with E-state index in [0.717, 1.165) is 5.56 Å². The van der Waals surface area contributed by atoms with E-state index < -0.39 is 5.91 Å². The molecule has 0 aromatic heterocycles. The summed E-state index contributed by atoms with van der Waals surface area (Å²) in [4.78, 5) is 12.3. The maximum absolute atomic E-state index is 12.3. The molecule has 2 aromatic rings. The Labute approximate surface area is 130 Å². The lowest BCUT2D eigenvalue weighted by Gasteiger charge is -2.12. The first-order valence-electron chi connectivity index (χ1n) is 6.17. The minimum Gasteiger partial charge on any atom is -0.504 e. The van der Waals surface area contributed by atoms with Gasteiger partial charge >= 0.3 is 0 Å². The Morgan fingerprint density at radius 2 is 2.10 bits per heavy atom. The number of hydrogen-bond donors (Lipinski definition) is 3. The average molecular weight is 351 g/mol. The Morgan fingerprint density at radius 1 is 1.38 bits per heavy atom. The summed E-state index contributed by atoms with van der Waals surface area (Å²) < 4.78 is 5.70. The fraction of sp³-hybridized carbons (Fsp3) is 0.133. The molecule has 0 saturated heterocycles. The van der Waals surface area contributed by atoms with Crippen LogP contribution in [0.4, 0.5) is 11.4 Å². The zero-order chi connectivity index (χ0) is 15.6. The van der Waals surface area contributed by atoms with Crippen molar-refractivity contribution >= 4 is 33.2 Å². The first-order valence-corrected chi connectivity index (χ1v) is 6.96. The largest absolute Gasteiger partial charge is 0.504 e. The number of halogens is 1. The molecule has 0 bridgehead atoms. The van der Waals surface area contributed by atoms with Crippen LogP contribution in [0.3, 0.4) is 0 Å². The third-order valence-electron chi connectivity index (χ3n) is 3.07. The van der Waals surface area contributed by atoms with Crippen LogP contribution < -0.4 is 15.8 Å². The van der Waals surface area contributed by atoms with Gasteiger partial charge in [-0.05, 0) is 52.7 Å². The van der Waals surface area contributed by atoms with E-state index in [0.29, 0.717) is 15.8 Å². The third kappa shape index (κ3) is 3.11. The number of para-hydroxylation sites is 1. The number of ether oxygens (including phenoxy) is 1. The van der Waals surface area contributed by atoms with E-state index in [9.17, 15) is 9.90 Å². The molecule has 0 unspecified atom stereocenters. The first kappa shape index (κ1) is 15.2. The van der Waals surface area contributed by atoms with Crippen LogP contribution in [-0.4, -0.2) is 18.1 Å². The summed E-state index contributed by atoms with van der Waals surface area (Å²) >= 11 is 3.37. The second-order valence-corrected chi connectivity index (χ2v) is 5.35. The van der Waals surface area contributed by atoms with Gasteiger partial charge in [0, 0.05) is 10.2 Å². The molecule has 0 aliphatic carbocycles. The van der Waals surface area contributed by atoms with Gasteiger partial charge in [-0.3, -0.25) is 4.79 Å². The fourth-order valence-corrected chi connectivity index (χ4v) is 2.40. The number of phenols is 1. The lowest BCUT2D eigenvalue weighted by atomic mass is 10.1. The maximum Gasteiger partial charge on any atom is 0.259 e. The van der Waals surface area contributed by atoms with E-state index in [1.54, 1.807) is 18.2 Å². The summed E-state index contributed by atoms with van der Waals surface area (Å²) in [5.74, 6) is -0.408. The highest BCUT2D eigenvalue weighted by Gasteiger charge is 2.16. The average Bonchev–Trinajstić information content (AvgIpc) is 2.44. The molecule has 0 radical (unpaired) electrons. The SMILES string of the molecule is COc1cccc(C(=O)Nc2cc(N)c(C)cc2Br)c1O. The van der Waals surface area contributed by atoms with Crippen molar-refractivity contribution < 1.29 is 14.6 Å². The van der Waals surface area contributed by atoms with Gasteiger partial charge in [0.1, 0.15) is 0 Å². The number of rotatable bonds is 3. The molecular weight excluding hydrogens is 336 g/mol. The van der Waals surface area contributed by atoms with E-state index in [4.69, 9.17) is 10.5 Å². The Hall–Kier alpha value is -2.21. The van der Waals surface area contributed by atoms with E-state index in [1.165, 1.54) is 13.2 Å². The van der Waals surface area contributed by atoms with Crippen LogP contribution in [0.1, 0.15) is 15.9 Å². The van der Waals surface area contributed by atoms with Crippen molar-refractivity contribution in [3.8, 4) is 11.5 Å². The Bertz CT molecular complexity index is 702. The number of aryl methyl sites for hydroxylation is 1. The van der Waals surface area contributed by atoms with Crippen molar-refractivity contribution in [1.82, 2.24) is 0 Å². The van der Waals surface area contributed by atoms with Crippen LogP contribution in [0.15, 0.2) is 34.8 Å². The number of phenolic OH excluding ortho intramolecular Hbond substituents is 1. The Morgan fingerprint density at radius 3 is 2.76 bits per heavy atom. The molecule has 0 spiro atoms. The zero-order valence-corrected chi connectivity index (χ0v) is 13.2. The summed E-state index contributed by atoms with van der Waals surface area (Å²) in [6, 6.07) is 8.20. The lowest BCUT2D eigenvalue weighted by molar-refractivity contribution is 0.102. The van der Waals surface area contributed by atoms with Crippen LogP contribution >= 0.6 is 15.9 Å². The van der Waals surface area contributed by atoms with Gasteiger partial charge in [-0.15, -0.1) is 0 Å². The number of carbonyl (C=O) groups is 1. The van der Waals surface area contributed by atoms with Crippen LogP contribution in [0.2, 0.25) is 0 Å². The van der Waals surface area contributed by atoms with E-state index in [1.807, 2.05) is 13.0 Å². The van der Waals surface area contributed by atoms with E-state index >= 15 is 0 Å². The zero-order valence-electron chi connectivity index (χ0n) is 11.6. The third-order valence-corrected chi connectivity index (χ3v) is 3.72. The normalized spacial score (nSPS) is 10.2. The van der Waals surface area contributed by atoms with Gasteiger partial charge in [0.25, 0.3) is 5.91 Å². The highest BCUT2D eigenvalue weighted by atomic mass is 79.9. The number of amides is 1. The predicted octanol–water partition coefficient (Wildman–Crippen LogP) is 3.31. The van der Waals surface area contributed by atoms with Gasteiger partial charge in [0.15, 0.2) is 11.5 Å². The van der Waals surface area contributed by atoms with Gasteiger partial charge < -0.3 is 20.9 Å². The molecule has 0 atom stereocenters. The summed E-state index contributed by atoms with van der Waals surface area (Å²) in [6.07, 6.45) is 0. The van der Waals surface area contributed by atoms with Crippen LogP contribution in [0, 0.1) is 6.92 Å². The standard InChI is InChI=1S/C15H15BrN2O3/c1-8-6-10(16)12(7-11(8)17)18-15(20)9-4-3-5-13(21-2)14(9)19/h3-7,19H,17H2,1-2H3,(H,18,20). The number of anilines is 2. The van der Waals surface area contributed by atoms with Crippen molar-refractivity contribution in [2.45, 2.75) is 6.92 Å². The van der Waals surface area contributed by atoms with Gasteiger partial charge in [0.2, 0.25) is 0 Å². The van der Waals surface area contributed by atoms with Crippen molar-refractivity contribution in [3.63, 3.8) is 0 Å². The Kier molecular flexibility index (Phi) is 4.37. The molecule has 2 aromatic carbocycles. The number of nitrogens with one attached hydrogen (secondary N) is 1. The minimum absolute atomic E-state index is 0.125. The maximum atomic E-state index is 12.3. The fourth-order valence-electron chi connectivity index (χ4n) is 1.85. The van der Waals surface area contributed by atoms with Gasteiger partial charge in [-0.1, -0.05) is 6.07 Å². The topological polar surface area (TPSA) is 84.6 Å². The highest BCUT2D eigenvalue weighted by Crippen LogP contribution is 2.32. The molecule has 0 heterocycles. The molecule has 110 valence electrons. The predicted molar refractivity (Wildman–Crippen MR) is 85.9 cm³/mol. The van der Waals surface area contributed by atoms with Gasteiger partial charge in [0.05, 0.1) is 18.4 Å². The summed E-state index contributed by atoms with van der Waals surface area (Å²) in [7, 11) is 1.42. The van der Waals surface area contributed by atoms with Gasteiger partial charge in [-0.25, -0.2) is 0 Å². The smallest absolute Gasteiger partial charge is 0.259 e. The number of aromatic hydroxyl groups is 1. The molecule has 1 amide bonds. The summed E-state index contributed by atoms with van der Waals surface area (Å²) in [6.45, 7) is 1.87. The first-order chi connectivity index (χ1) is 9.93. The summed E-state index contributed by atoms with van der Waals surface area (Å²) in [5, 5.41) is 12.7. The lowest BCUT2D eigenvalue weighted by Crippen LogP contribution is -2.13. The molecular formula is C15H15BrN2O3. The number of methoxy groups -OCH3 is 1. The number of benzene rings is 2. The second-order valence-electron chi connectivity index (χ2n) is 4.50. The van der Waals surface area contributed by atoms with E-state index in [2.05, 4.69) is 21.2 Å². The molecule has 0 aliphatic rings. The summed E-state index contributed by atoms with van der Waals surface area (Å²) in [5.41, 5.74) is 7.98. The second kappa shape index (κ2) is 6.05. The van der Waals surface area contributed by atoms with Crippen molar-refractivity contribution in [2.75, 3.05) is 18.2 Å². The quantitative estimate of drug-likeness (QED) is 0.741. The molecule has 0 fully saturated rings. The molecule has 6 heteroatoms. The van der Waals surface area contributed by atoms with Crippen molar-refractivity contribution in [2.24, 2.45) is 0 Å². The number of carbonyl (C=O) groups excluding carboxylic acids is 1. The molecule has 2 rings (SSSR count). The number of nitrogens with two attached hydrogens (primary N) is 1. The molecule has 0 saturated carbocycles. The van der Waals surface area contributed by atoms with Crippen LogP contribution in [-0.2, 0) is 0 Å². The highest BCUT2D eigenvalue weighted by molar-refractivity contribution is 9.10. The monoisotopic (exact) mass is 350 g/mol.